The van der Waals surface area contributed by atoms with Crippen molar-refractivity contribution >= 4 is 23.1 Å². The molecule has 0 radical (unpaired) electrons. The molecule has 0 saturated heterocycles. The molecule has 1 saturated carbocycles. The number of rotatable bonds is 4. The van der Waals surface area contributed by atoms with E-state index in [-0.39, 0.29) is 5.54 Å². The van der Waals surface area contributed by atoms with Gasteiger partial charge in [0.2, 0.25) is 0 Å². The zero-order valence-electron chi connectivity index (χ0n) is 9.40. The predicted octanol–water partition coefficient (Wildman–Crippen LogP) is 3.26. The second-order valence-corrected chi connectivity index (χ2v) is 6.69. The largest absolute Gasteiger partial charge is 0.300 e. The third-order valence-corrected chi connectivity index (χ3v) is 5.32. The van der Waals surface area contributed by atoms with Gasteiger partial charge < -0.3 is 0 Å². The molecule has 1 aromatic rings. The molecule has 0 bridgehead atoms. The summed E-state index contributed by atoms with van der Waals surface area (Å²) in [6.07, 6.45) is 3.10. The minimum absolute atomic E-state index is 0.260. The van der Waals surface area contributed by atoms with E-state index in [0.717, 1.165) is 25.8 Å². The molecule has 2 atom stereocenters. The van der Waals surface area contributed by atoms with Gasteiger partial charge in [0.25, 0.3) is 0 Å². The van der Waals surface area contributed by atoms with Gasteiger partial charge in [0, 0.05) is 5.25 Å². The van der Waals surface area contributed by atoms with Crippen molar-refractivity contribution in [1.29, 1.82) is 5.26 Å². The fraction of sp³-hybridized carbons (Fsp3) is 0.583. The first kappa shape index (κ1) is 12.0. The molecule has 4 heteroatoms. The lowest BCUT2D eigenvalue weighted by atomic mass is 10.0. The fourth-order valence-electron chi connectivity index (χ4n) is 2.24. The highest BCUT2D eigenvalue weighted by Crippen LogP contribution is 2.41. The van der Waals surface area contributed by atoms with Gasteiger partial charge in [-0.05, 0) is 37.3 Å². The summed E-state index contributed by atoms with van der Waals surface area (Å²) in [5.74, 6) is 0. The van der Waals surface area contributed by atoms with E-state index < -0.39 is 0 Å². The molecule has 1 heterocycles. The summed E-state index contributed by atoms with van der Waals surface area (Å²) in [7, 11) is 0. The maximum atomic E-state index is 9.27. The van der Waals surface area contributed by atoms with Gasteiger partial charge >= 0.3 is 0 Å². The van der Waals surface area contributed by atoms with Gasteiger partial charge in [-0.15, -0.1) is 23.1 Å². The van der Waals surface area contributed by atoms with Crippen molar-refractivity contribution in [1.82, 2.24) is 5.32 Å². The smallest absolute Gasteiger partial charge is 0.107 e. The summed E-state index contributed by atoms with van der Waals surface area (Å²) in [5, 5.41) is 15.3. The van der Waals surface area contributed by atoms with Crippen molar-refractivity contribution in [3.8, 4) is 6.07 Å². The molecule has 0 amide bonds. The van der Waals surface area contributed by atoms with Crippen LogP contribution in [0.3, 0.4) is 0 Å². The van der Waals surface area contributed by atoms with Crippen molar-refractivity contribution in [3.05, 3.63) is 17.5 Å². The van der Waals surface area contributed by atoms with E-state index in [9.17, 15) is 5.26 Å². The van der Waals surface area contributed by atoms with E-state index in [0.29, 0.717) is 5.25 Å². The first-order chi connectivity index (χ1) is 7.78. The second kappa shape index (κ2) is 5.22. The van der Waals surface area contributed by atoms with Crippen LogP contribution in [0.2, 0.25) is 0 Å². The van der Waals surface area contributed by atoms with Crippen LogP contribution in [-0.2, 0) is 0 Å². The van der Waals surface area contributed by atoms with Gasteiger partial charge in [0.15, 0.2) is 0 Å². The molecule has 1 fully saturated rings. The Morgan fingerprint density at radius 3 is 3.25 bits per heavy atom. The van der Waals surface area contributed by atoms with E-state index >= 15 is 0 Å². The minimum atomic E-state index is -0.260. The van der Waals surface area contributed by atoms with Gasteiger partial charge in [-0.3, -0.25) is 5.32 Å². The Balaban J connectivity index is 1.95. The van der Waals surface area contributed by atoms with Gasteiger partial charge in [0.1, 0.15) is 5.54 Å². The Hall–Kier alpha value is -0.500. The Morgan fingerprint density at radius 2 is 2.62 bits per heavy atom. The third kappa shape index (κ3) is 2.60. The molecule has 1 aromatic heterocycles. The first-order valence-corrected chi connectivity index (χ1v) is 7.40. The van der Waals surface area contributed by atoms with Crippen LogP contribution in [0.5, 0.6) is 0 Å². The van der Waals surface area contributed by atoms with Crippen LogP contribution < -0.4 is 5.32 Å². The number of hydrogen-bond acceptors (Lipinski definition) is 4. The monoisotopic (exact) mass is 252 g/mol. The summed E-state index contributed by atoms with van der Waals surface area (Å²) in [5.41, 5.74) is -0.260. The molecule has 0 spiro atoms. The number of thiophene rings is 1. The zero-order chi connectivity index (χ0) is 11.4. The summed E-state index contributed by atoms with van der Waals surface area (Å²) in [6.45, 7) is 2.95. The van der Waals surface area contributed by atoms with Crippen LogP contribution in [0.1, 0.15) is 26.2 Å². The number of nitriles is 1. The topological polar surface area (TPSA) is 35.8 Å². The average molecular weight is 252 g/mol. The molecule has 0 aliphatic heterocycles. The molecular formula is C12H16N2S2. The van der Waals surface area contributed by atoms with Crippen molar-refractivity contribution < 1.29 is 0 Å². The van der Waals surface area contributed by atoms with Crippen LogP contribution in [0.15, 0.2) is 21.7 Å². The Bertz CT molecular complexity index is 369. The number of nitrogens with zero attached hydrogens (tertiary/aromatic N) is 1. The van der Waals surface area contributed by atoms with Gasteiger partial charge in [0.05, 0.1) is 10.3 Å². The van der Waals surface area contributed by atoms with Crippen LogP contribution >= 0.6 is 23.1 Å². The van der Waals surface area contributed by atoms with Crippen molar-refractivity contribution in [2.75, 3.05) is 6.54 Å². The van der Waals surface area contributed by atoms with E-state index in [2.05, 4.69) is 35.8 Å². The first-order valence-electron chi connectivity index (χ1n) is 5.64. The highest BCUT2D eigenvalue weighted by molar-refractivity contribution is 8.01. The number of hydrogen-bond donors (Lipinski definition) is 1. The summed E-state index contributed by atoms with van der Waals surface area (Å²) in [6, 6.07) is 6.72. The van der Waals surface area contributed by atoms with Crippen LogP contribution in [0.4, 0.5) is 0 Å². The van der Waals surface area contributed by atoms with E-state index in [1.165, 1.54) is 4.21 Å². The molecule has 2 nitrogen and oxygen atoms in total. The van der Waals surface area contributed by atoms with Crippen molar-refractivity contribution in [3.63, 3.8) is 0 Å². The number of thioether (sulfide) groups is 1. The molecule has 0 aromatic carbocycles. The fourth-order valence-corrected chi connectivity index (χ4v) is 4.57. The lowest BCUT2D eigenvalue weighted by Gasteiger charge is -2.21. The maximum Gasteiger partial charge on any atom is 0.107 e. The van der Waals surface area contributed by atoms with Crippen molar-refractivity contribution in [2.24, 2.45) is 0 Å². The highest BCUT2D eigenvalue weighted by atomic mass is 32.2. The summed E-state index contributed by atoms with van der Waals surface area (Å²) < 4.78 is 1.37. The second-order valence-electron chi connectivity index (χ2n) is 4.14. The summed E-state index contributed by atoms with van der Waals surface area (Å²) >= 11 is 3.72. The van der Waals surface area contributed by atoms with E-state index in [1.807, 2.05) is 11.8 Å². The van der Waals surface area contributed by atoms with Gasteiger partial charge in [-0.25, -0.2) is 0 Å². The van der Waals surface area contributed by atoms with E-state index in [4.69, 9.17) is 0 Å². The molecule has 86 valence electrons. The summed E-state index contributed by atoms with van der Waals surface area (Å²) in [4.78, 5) is 0. The standard InChI is InChI=1S/C12H16N2S2/c1-2-14-12(9-13)6-5-10(8-12)16-11-4-3-7-15-11/h3-4,7,10,14H,2,5-6,8H2,1H3. The molecule has 2 unspecified atom stereocenters. The lowest BCUT2D eigenvalue weighted by molar-refractivity contribution is 0.436. The molecule has 16 heavy (non-hydrogen) atoms. The Kier molecular flexibility index (Phi) is 3.91. The number of nitrogens with one attached hydrogen (secondary N) is 1. The van der Waals surface area contributed by atoms with Crippen LogP contribution in [0, 0.1) is 11.3 Å². The van der Waals surface area contributed by atoms with Crippen molar-refractivity contribution in [2.45, 2.75) is 41.2 Å². The molecule has 1 aliphatic rings. The maximum absolute atomic E-state index is 9.27. The Labute approximate surface area is 105 Å². The van der Waals surface area contributed by atoms with Gasteiger partial charge in [-0.2, -0.15) is 5.26 Å². The third-order valence-electron chi connectivity index (χ3n) is 2.98. The lowest BCUT2D eigenvalue weighted by Crippen LogP contribution is -2.41. The minimum Gasteiger partial charge on any atom is -0.300 e. The van der Waals surface area contributed by atoms with Gasteiger partial charge in [-0.1, -0.05) is 13.0 Å². The van der Waals surface area contributed by atoms with Crippen LogP contribution in [0.25, 0.3) is 0 Å². The quantitative estimate of drug-likeness (QED) is 0.893. The molecular weight excluding hydrogens is 236 g/mol. The van der Waals surface area contributed by atoms with E-state index in [1.54, 1.807) is 11.3 Å². The normalized spacial score (nSPS) is 29.1. The SMILES string of the molecule is CCNC1(C#N)CCC(Sc2cccs2)C1. The molecule has 2 rings (SSSR count). The molecule has 1 N–H and O–H groups in total. The Morgan fingerprint density at radius 1 is 1.75 bits per heavy atom. The van der Waals surface area contributed by atoms with Crippen LogP contribution in [-0.4, -0.2) is 17.3 Å². The average Bonchev–Trinajstić information content (AvgIpc) is 2.90. The predicted molar refractivity (Wildman–Crippen MR) is 69.8 cm³/mol. The zero-order valence-corrected chi connectivity index (χ0v) is 11.0. The molecule has 1 aliphatic carbocycles. The highest BCUT2D eigenvalue weighted by Gasteiger charge is 2.39.